The quantitative estimate of drug-likeness (QED) is 0.347. The Bertz CT molecular complexity index is 448. The molecule has 0 aliphatic rings. The Morgan fingerprint density at radius 2 is 2.00 bits per heavy atom. The van der Waals surface area contributed by atoms with Gasteiger partial charge < -0.3 is 4.74 Å². The van der Waals surface area contributed by atoms with E-state index in [1.807, 2.05) is 19.1 Å². The van der Waals surface area contributed by atoms with E-state index in [1.54, 1.807) is 19.1 Å². The molecule has 0 aliphatic heterocycles. The van der Waals surface area contributed by atoms with E-state index in [2.05, 4.69) is 4.74 Å². The number of rotatable bonds is 4. The number of aryl methyl sites for hydroxylation is 1. The van der Waals surface area contributed by atoms with Gasteiger partial charge in [0.05, 0.1) is 11.5 Å². The zero-order valence-electron chi connectivity index (χ0n) is 9.67. The highest BCUT2D eigenvalue weighted by Gasteiger charge is 2.22. The first-order valence-electron chi connectivity index (χ1n) is 5.14. The summed E-state index contributed by atoms with van der Waals surface area (Å²) >= 11 is 0. The van der Waals surface area contributed by atoms with Crippen LogP contribution >= 0.6 is 0 Å². The molecule has 5 heteroatoms. The van der Waals surface area contributed by atoms with Gasteiger partial charge in [0.25, 0.3) is 0 Å². The van der Waals surface area contributed by atoms with Crippen LogP contribution in [-0.2, 0) is 9.53 Å². The lowest BCUT2D eigenvalue weighted by molar-refractivity contribution is -0.419. The smallest absolute Gasteiger partial charge is 0.409 e. The highest BCUT2D eigenvalue weighted by molar-refractivity contribution is 5.90. The van der Waals surface area contributed by atoms with Crippen LogP contribution in [0.5, 0.6) is 0 Å². The third-order valence-corrected chi connectivity index (χ3v) is 2.06. The average molecular weight is 235 g/mol. The van der Waals surface area contributed by atoms with Gasteiger partial charge >= 0.3 is 11.7 Å². The van der Waals surface area contributed by atoms with Crippen LogP contribution in [0.1, 0.15) is 18.1 Å². The Hall–Kier alpha value is -2.17. The molecule has 90 valence electrons. The van der Waals surface area contributed by atoms with Crippen molar-refractivity contribution >= 4 is 12.0 Å². The fraction of sp³-hybridized carbons (Fsp3) is 0.250. The number of ether oxygens (including phenoxy) is 1. The SMILES string of the molecule is CCOC(=O)/C(=C/c1ccc(C)cc1)[N+](=O)[O-]. The molecule has 5 nitrogen and oxygen atoms in total. The Morgan fingerprint density at radius 3 is 2.47 bits per heavy atom. The van der Waals surface area contributed by atoms with Gasteiger partial charge in [0.1, 0.15) is 0 Å². The Kier molecular flexibility index (Phi) is 4.39. The predicted molar refractivity (Wildman–Crippen MR) is 62.8 cm³/mol. The van der Waals surface area contributed by atoms with Crippen LogP contribution in [-0.4, -0.2) is 17.5 Å². The number of benzene rings is 1. The van der Waals surface area contributed by atoms with Gasteiger partial charge in [-0.25, -0.2) is 4.79 Å². The van der Waals surface area contributed by atoms with Gasteiger partial charge in [0.15, 0.2) is 0 Å². The van der Waals surface area contributed by atoms with Crippen molar-refractivity contribution in [3.63, 3.8) is 0 Å². The Balaban J connectivity index is 3.02. The lowest BCUT2D eigenvalue weighted by Crippen LogP contribution is -2.14. The van der Waals surface area contributed by atoms with Crippen molar-refractivity contribution < 1.29 is 14.5 Å². The molecular weight excluding hydrogens is 222 g/mol. The largest absolute Gasteiger partial charge is 0.458 e. The molecule has 0 aliphatic carbocycles. The van der Waals surface area contributed by atoms with Crippen molar-refractivity contribution in [2.24, 2.45) is 0 Å². The lowest BCUT2D eigenvalue weighted by Gasteiger charge is -1.99. The summed E-state index contributed by atoms with van der Waals surface area (Å²) in [4.78, 5) is 21.3. The van der Waals surface area contributed by atoms with Crippen LogP contribution in [0.3, 0.4) is 0 Å². The predicted octanol–water partition coefficient (Wildman–Crippen LogP) is 2.18. The first kappa shape index (κ1) is 12.9. The van der Waals surface area contributed by atoms with Gasteiger partial charge in [-0.15, -0.1) is 0 Å². The standard InChI is InChI=1S/C12H13NO4/c1-3-17-12(14)11(13(15)16)8-10-6-4-9(2)5-7-10/h4-8H,3H2,1-2H3/b11-8-. The summed E-state index contributed by atoms with van der Waals surface area (Å²) in [6.45, 7) is 3.62. The molecule has 0 unspecified atom stereocenters. The number of nitrogens with zero attached hydrogens (tertiary/aromatic N) is 1. The topological polar surface area (TPSA) is 69.4 Å². The van der Waals surface area contributed by atoms with Crippen LogP contribution in [0.4, 0.5) is 0 Å². The second-order valence-electron chi connectivity index (χ2n) is 3.42. The zero-order chi connectivity index (χ0) is 12.8. The third kappa shape index (κ3) is 3.71. The molecule has 0 heterocycles. The summed E-state index contributed by atoms with van der Waals surface area (Å²) in [7, 11) is 0. The van der Waals surface area contributed by atoms with Gasteiger partial charge in [-0.05, 0) is 19.4 Å². The summed E-state index contributed by atoms with van der Waals surface area (Å²) in [5, 5.41) is 10.7. The fourth-order valence-electron chi connectivity index (χ4n) is 1.21. The molecule has 1 aromatic carbocycles. The molecule has 1 rings (SSSR count). The Morgan fingerprint density at radius 1 is 1.41 bits per heavy atom. The van der Waals surface area contributed by atoms with Crippen LogP contribution in [0.2, 0.25) is 0 Å². The van der Waals surface area contributed by atoms with Gasteiger partial charge in [0, 0.05) is 6.08 Å². The lowest BCUT2D eigenvalue weighted by atomic mass is 10.1. The normalized spacial score (nSPS) is 11.1. The van der Waals surface area contributed by atoms with E-state index in [-0.39, 0.29) is 6.61 Å². The molecule has 0 amide bonds. The van der Waals surface area contributed by atoms with Crippen LogP contribution in [0.15, 0.2) is 30.0 Å². The van der Waals surface area contributed by atoms with Crippen LogP contribution in [0, 0.1) is 17.0 Å². The molecule has 0 saturated heterocycles. The minimum Gasteiger partial charge on any atom is -0.458 e. The first-order chi connectivity index (χ1) is 8.04. The molecule has 0 atom stereocenters. The van der Waals surface area contributed by atoms with Gasteiger partial charge in [-0.2, -0.15) is 0 Å². The monoisotopic (exact) mass is 235 g/mol. The molecule has 17 heavy (non-hydrogen) atoms. The Labute approximate surface area is 98.9 Å². The maximum Gasteiger partial charge on any atom is 0.409 e. The second-order valence-corrected chi connectivity index (χ2v) is 3.42. The molecule has 0 fully saturated rings. The summed E-state index contributed by atoms with van der Waals surface area (Å²) in [5.41, 5.74) is 1.08. The minimum atomic E-state index is -0.918. The maximum absolute atomic E-state index is 11.3. The van der Waals surface area contributed by atoms with Gasteiger partial charge in [0.2, 0.25) is 0 Å². The van der Waals surface area contributed by atoms with Crippen molar-refractivity contribution in [1.29, 1.82) is 0 Å². The zero-order valence-corrected chi connectivity index (χ0v) is 9.67. The number of carbonyl (C=O) groups is 1. The van der Waals surface area contributed by atoms with Crippen molar-refractivity contribution in [3.8, 4) is 0 Å². The van der Waals surface area contributed by atoms with E-state index in [9.17, 15) is 14.9 Å². The first-order valence-corrected chi connectivity index (χ1v) is 5.14. The van der Waals surface area contributed by atoms with E-state index in [4.69, 9.17) is 0 Å². The number of esters is 1. The number of hydrogen-bond donors (Lipinski definition) is 0. The minimum absolute atomic E-state index is 0.109. The summed E-state index contributed by atoms with van der Waals surface area (Å²) in [5.74, 6) is -0.918. The van der Waals surface area contributed by atoms with Crippen molar-refractivity contribution in [2.75, 3.05) is 6.61 Å². The average Bonchev–Trinajstić information content (AvgIpc) is 2.28. The summed E-state index contributed by atoms with van der Waals surface area (Å²) in [6, 6.07) is 7.04. The van der Waals surface area contributed by atoms with E-state index in [0.29, 0.717) is 5.56 Å². The molecule has 0 spiro atoms. The van der Waals surface area contributed by atoms with E-state index in [1.165, 1.54) is 6.08 Å². The van der Waals surface area contributed by atoms with Gasteiger partial charge in [-0.1, -0.05) is 29.8 Å². The third-order valence-electron chi connectivity index (χ3n) is 2.06. The second kappa shape index (κ2) is 5.79. The van der Waals surface area contributed by atoms with E-state index < -0.39 is 16.6 Å². The highest BCUT2D eigenvalue weighted by Crippen LogP contribution is 2.10. The molecule has 0 bridgehead atoms. The van der Waals surface area contributed by atoms with Crippen molar-refractivity contribution in [3.05, 3.63) is 51.2 Å². The molecule has 0 N–H and O–H groups in total. The number of hydrogen-bond acceptors (Lipinski definition) is 4. The van der Waals surface area contributed by atoms with Crippen LogP contribution in [0.25, 0.3) is 6.08 Å². The van der Waals surface area contributed by atoms with Crippen LogP contribution < -0.4 is 0 Å². The molecule has 0 aromatic heterocycles. The van der Waals surface area contributed by atoms with Crippen molar-refractivity contribution in [2.45, 2.75) is 13.8 Å². The van der Waals surface area contributed by atoms with E-state index >= 15 is 0 Å². The maximum atomic E-state index is 11.3. The van der Waals surface area contributed by atoms with Crippen molar-refractivity contribution in [1.82, 2.24) is 0 Å². The molecular formula is C12H13NO4. The number of nitro groups is 1. The summed E-state index contributed by atoms with van der Waals surface area (Å²) < 4.78 is 4.61. The van der Waals surface area contributed by atoms with E-state index in [0.717, 1.165) is 5.56 Å². The molecule has 0 saturated carbocycles. The number of carbonyl (C=O) groups excluding carboxylic acids is 1. The highest BCUT2D eigenvalue weighted by atomic mass is 16.6. The summed E-state index contributed by atoms with van der Waals surface area (Å²) in [6.07, 6.45) is 1.21. The van der Waals surface area contributed by atoms with Gasteiger partial charge in [-0.3, -0.25) is 10.1 Å². The molecule has 0 radical (unpaired) electrons. The fourth-order valence-corrected chi connectivity index (χ4v) is 1.21. The molecule has 1 aromatic rings.